The third-order valence-electron chi connectivity index (χ3n) is 3.44. The molecule has 4 nitrogen and oxygen atoms in total. The Morgan fingerprint density at radius 2 is 2.36 bits per heavy atom. The Morgan fingerprint density at radius 3 is 3.05 bits per heavy atom. The predicted octanol–water partition coefficient (Wildman–Crippen LogP) is 4.11. The first-order valence-corrected chi connectivity index (χ1v) is 8.36. The van der Waals surface area contributed by atoms with Gasteiger partial charge in [-0.25, -0.2) is 4.98 Å². The second-order valence-corrected chi connectivity index (χ2v) is 6.75. The van der Waals surface area contributed by atoms with Crippen LogP contribution in [0.3, 0.4) is 0 Å². The van der Waals surface area contributed by atoms with Crippen molar-refractivity contribution in [3.05, 3.63) is 50.5 Å². The number of fused-ring (bicyclic) bond motifs is 1. The summed E-state index contributed by atoms with van der Waals surface area (Å²) in [5.41, 5.74) is 2.69. The topological polar surface area (TPSA) is 69.5 Å². The molecule has 0 saturated heterocycles. The number of carbonyl (C=O) groups is 1. The van der Waals surface area contributed by atoms with Crippen LogP contribution in [0.15, 0.2) is 34.2 Å². The number of aromatic nitrogens is 2. The van der Waals surface area contributed by atoms with Gasteiger partial charge in [0.1, 0.15) is 5.01 Å². The number of nitrogens with zero attached hydrogens (tertiary/aromatic N) is 2. The van der Waals surface area contributed by atoms with Crippen LogP contribution in [-0.4, -0.2) is 15.8 Å². The summed E-state index contributed by atoms with van der Waals surface area (Å²) in [7, 11) is 0. The number of rotatable bonds is 4. The van der Waals surface area contributed by atoms with Crippen LogP contribution in [0.1, 0.15) is 22.2 Å². The van der Waals surface area contributed by atoms with Crippen molar-refractivity contribution in [3.8, 4) is 6.07 Å². The standard InChI is InChI=1S/C16H12BrN3OS/c1-9-8-22-16(20-9)11(6-18)14(21)5-10-7-19-13-4-2-3-12(17)15(10)13/h2-4,7-8,11,19H,5H2,1H3. The molecule has 2 heterocycles. The van der Waals surface area contributed by atoms with E-state index in [1.54, 1.807) is 0 Å². The van der Waals surface area contributed by atoms with E-state index < -0.39 is 5.92 Å². The second kappa shape index (κ2) is 6.03. The number of H-pyrrole nitrogens is 1. The molecular weight excluding hydrogens is 362 g/mol. The van der Waals surface area contributed by atoms with Gasteiger partial charge in [-0.1, -0.05) is 22.0 Å². The summed E-state index contributed by atoms with van der Waals surface area (Å²) in [5, 5.41) is 12.8. The van der Waals surface area contributed by atoms with Gasteiger partial charge >= 0.3 is 0 Å². The fourth-order valence-corrected chi connectivity index (χ4v) is 3.89. The molecule has 110 valence electrons. The van der Waals surface area contributed by atoms with Crippen molar-refractivity contribution in [1.29, 1.82) is 5.26 Å². The molecule has 0 amide bonds. The molecular formula is C16H12BrN3OS. The Labute approximate surface area is 139 Å². The van der Waals surface area contributed by atoms with Crippen molar-refractivity contribution in [3.63, 3.8) is 0 Å². The van der Waals surface area contributed by atoms with Gasteiger partial charge in [0.2, 0.25) is 0 Å². The first-order valence-electron chi connectivity index (χ1n) is 6.69. The van der Waals surface area contributed by atoms with Crippen LogP contribution in [0.5, 0.6) is 0 Å². The molecule has 1 aromatic carbocycles. The van der Waals surface area contributed by atoms with Gasteiger partial charge in [0.15, 0.2) is 11.7 Å². The monoisotopic (exact) mass is 373 g/mol. The van der Waals surface area contributed by atoms with E-state index >= 15 is 0 Å². The smallest absolute Gasteiger partial charge is 0.161 e. The van der Waals surface area contributed by atoms with Crippen molar-refractivity contribution in [1.82, 2.24) is 9.97 Å². The Hall–Kier alpha value is -1.97. The fraction of sp³-hybridized carbons (Fsp3) is 0.188. The van der Waals surface area contributed by atoms with Gasteiger partial charge in [-0.05, 0) is 24.6 Å². The number of nitrogens with one attached hydrogen (secondary N) is 1. The quantitative estimate of drug-likeness (QED) is 0.747. The number of ketones is 1. The third-order valence-corrected chi connectivity index (χ3v) is 5.12. The third kappa shape index (κ3) is 2.70. The summed E-state index contributed by atoms with van der Waals surface area (Å²) in [5.74, 6) is -0.931. The molecule has 6 heteroatoms. The van der Waals surface area contributed by atoms with Gasteiger partial charge in [-0.15, -0.1) is 11.3 Å². The average Bonchev–Trinajstić information content (AvgIpc) is 3.08. The molecule has 0 spiro atoms. The highest BCUT2D eigenvalue weighted by Crippen LogP contribution is 2.29. The number of hydrogen-bond acceptors (Lipinski definition) is 4. The summed E-state index contributed by atoms with van der Waals surface area (Å²) in [4.78, 5) is 19.9. The largest absolute Gasteiger partial charge is 0.361 e. The highest BCUT2D eigenvalue weighted by Gasteiger charge is 2.24. The zero-order chi connectivity index (χ0) is 15.7. The van der Waals surface area contributed by atoms with Gasteiger partial charge < -0.3 is 4.98 Å². The number of hydrogen-bond donors (Lipinski definition) is 1. The van der Waals surface area contributed by atoms with Crippen LogP contribution in [0.4, 0.5) is 0 Å². The van der Waals surface area contributed by atoms with Gasteiger partial charge in [-0.2, -0.15) is 5.26 Å². The summed E-state index contributed by atoms with van der Waals surface area (Å²) in [6.45, 7) is 1.86. The van der Waals surface area contributed by atoms with Crippen LogP contribution in [0, 0.1) is 18.3 Å². The van der Waals surface area contributed by atoms with E-state index in [0.717, 1.165) is 26.6 Å². The molecule has 0 saturated carbocycles. The summed E-state index contributed by atoms with van der Waals surface area (Å²) < 4.78 is 0.938. The highest BCUT2D eigenvalue weighted by molar-refractivity contribution is 9.10. The van der Waals surface area contributed by atoms with Gasteiger partial charge in [0, 0.05) is 39.1 Å². The molecule has 22 heavy (non-hydrogen) atoms. The van der Waals surface area contributed by atoms with Crippen LogP contribution >= 0.6 is 27.3 Å². The lowest BCUT2D eigenvalue weighted by molar-refractivity contribution is -0.118. The molecule has 0 aliphatic rings. The molecule has 2 aromatic heterocycles. The number of carbonyl (C=O) groups excluding carboxylic acids is 1. The normalized spacial score (nSPS) is 12.2. The number of aromatic amines is 1. The number of halogens is 1. The molecule has 0 radical (unpaired) electrons. The van der Waals surface area contributed by atoms with Crippen molar-refractivity contribution in [2.45, 2.75) is 19.3 Å². The maximum absolute atomic E-state index is 12.5. The van der Waals surface area contributed by atoms with Crippen LogP contribution < -0.4 is 0 Å². The molecule has 1 N–H and O–H groups in total. The lowest BCUT2D eigenvalue weighted by Gasteiger charge is -2.05. The van der Waals surface area contributed by atoms with Crippen molar-refractivity contribution >= 4 is 44.0 Å². The molecule has 1 atom stereocenters. The van der Waals surface area contributed by atoms with Crippen LogP contribution in [0.25, 0.3) is 10.9 Å². The SMILES string of the molecule is Cc1csc(C(C#N)C(=O)Cc2c[nH]c3cccc(Br)c23)n1. The average molecular weight is 374 g/mol. The minimum Gasteiger partial charge on any atom is -0.361 e. The van der Waals surface area contributed by atoms with E-state index in [2.05, 4.69) is 32.0 Å². The van der Waals surface area contributed by atoms with Crippen LogP contribution in [0.2, 0.25) is 0 Å². The number of thiazole rings is 1. The Morgan fingerprint density at radius 1 is 1.55 bits per heavy atom. The molecule has 3 rings (SSSR count). The van der Waals surface area contributed by atoms with Gasteiger partial charge in [0.25, 0.3) is 0 Å². The molecule has 0 aliphatic carbocycles. The summed E-state index contributed by atoms with van der Waals surface area (Å²) in [6, 6.07) is 7.92. The fourth-order valence-electron chi connectivity index (χ4n) is 2.41. The Balaban J connectivity index is 1.91. The number of Topliss-reactive ketones (excluding diaryl/α,β-unsaturated/α-hetero) is 1. The Kier molecular flexibility index (Phi) is 4.10. The number of aryl methyl sites for hydroxylation is 1. The van der Waals surface area contributed by atoms with Crippen molar-refractivity contribution < 1.29 is 4.79 Å². The summed E-state index contributed by atoms with van der Waals surface area (Å²) in [6.07, 6.45) is 2.04. The van der Waals surface area contributed by atoms with E-state index in [1.807, 2.05) is 36.7 Å². The van der Waals surface area contributed by atoms with Crippen molar-refractivity contribution in [2.24, 2.45) is 0 Å². The zero-order valence-corrected chi connectivity index (χ0v) is 14.2. The maximum atomic E-state index is 12.5. The van der Waals surface area contributed by atoms with Crippen LogP contribution in [-0.2, 0) is 11.2 Å². The summed E-state index contributed by atoms with van der Waals surface area (Å²) >= 11 is 4.87. The minimum absolute atomic E-state index is 0.131. The predicted molar refractivity (Wildman–Crippen MR) is 89.9 cm³/mol. The molecule has 0 bridgehead atoms. The van der Waals surface area contributed by atoms with Gasteiger partial charge in [0.05, 0.1) is 6.07 Å². The lowest BCUT2D eigenvalue weighted by Crippen LogP contribution is -2.13. The first-order chi connectivity index (χ1) is 10.6. The highest BCUT2D eigenvalue weighted by atomic mass is 79.9. The van der Waals surface area contributed by atoms with E-state index in [4.69, 9.17) is 0 Å². The van der Waals surface area contributed by atoms with E-state index in [1.165, 1.54) is 11.3 Å². The first kappa shape index (κ1) is 14.9. The minimum atomic E-state index is -0.800. The molecule has 0 fully saturated rings. The van der Waals surface area contributed by atoms with Gasteiger partial charge in [-0.3, -0.25) is 4.79 Å². The van der Waals surface area contributed by atoms with Crippen molar-refractivity contribution in [2.75, 3.05) is 0 Å². The number of benzene rings is 1. The number of nitriles is 1. The second-order valence-electron chi connectivity index (χ2n) is 5.01. The Bertz CT molecular complexity index is 890. The molecule has 3 aromatic rings. The van der Waals surface area contributed by atoms with E-state index in [9.17, 15) is 10.1 Å². The molecule has 0 aliphatic heterocycles. The van der Waals surface area contributed by atoms with E-state index in [-0.39, 0.29) is 12.2 Å². The zero-order valence-electron chi connectivity index (χ0n) is 11.8. The van der Waals surface area contributed by atoms with E-state index in [0.29, 0.717) is 5.01 Å². The molecule has 1 unspecified atom stereocenters. The maximum Gasteiger partial charge on any atom is 0.161 e. The lowest BCUT2D eigenvalue weighted by atomic mass is 9.99.